The molecule has 2 aromatic rings. The fourth-order valence-corrected chi connectivity index (χ4v) is 3.05. The highest BCUT2D eigenvalue weighted by molar-refractivity contribution is 5.82. The molecule has 0 radical (unpaired) electrons. The van der Waals surface area contributed by atoms with Crippen molar-refractivity contribution >= 4 is 5.91 Å². The maximum Gasteiger partial charge on any atom is 0.407 e. The summed E-state index contributed by atoms with van der Waals surface area (Å²) >= 11 is 0. The highest BCUT2D eigenvalue weighted by atomic mass is 19.4. The van der Waals surface area contributed by atoms with Crippen LogP contribution in [0.15, 0.2) is 54.6 Å². The first kappa shape index (κ1) is 22.4. The number of carbonyl (C=O) groups excluding carboxylic acids is 1. The fourth-order valence-electron chi connectivity index (χ4n) is 3.05. The van der Waals surface area contributed by atoms with Crippen LogP contribution >= 0.6 is 0 Å². The predicted molar refractivity (Wildman–Crippen MR) is 106 cm³/mol. The van der Waals surface area contributed by atoms with Crippen LogP contribution in [-0.2, 0) is 4.79 Å². The summed E-state index contributed by atoms with van der Waals surface area (Å²) in [4.78, 5) is 12.3. The summed E-state index contributed by atoms with van der Waals surface area (Å²) in [5.74, 6) is -0.620. The van der Waals surface area contributed by atoms with E-state index in [4.69, 9.17) is 5.26 Å². The van der Waals surface area contributed by atoms with Crippen molar-refractivity contribution in [2.45, 2.75) is 38.5 Å². The molecule has 2 aromatic carbocycles. The molecule has 0 spiro atoms. The van der Waals surface area contributed by atoms with Gasteiger partial charge in [0.25, 0.3) is 0 Å². The van der Waals surface area contributed by atoms with Gasteiger partial charge in [0.2, 0.25) is 5.91 Å². The summed E-state index contributed by atoms with van der Waals surface area (Å²) in [6.45, 7) is 3.39. The number of carbonyl (C=O) groups is 1. The van der Waals surface area contributed by atoms with Crippen LogP contribution in [0.2, 0.25) is 0 Å². The van der Waals surface area contributed by atoms with Crippen LogP contribution in [0.1, 0.15) is 31.9 Å². The van der Waals surface area contributed by atoms with E-state index in [1.807, 2.05) is 44.2 Å². The molecule has 0 saturated heterocycles. The molecule has 0 saturated carbocycles. The number of nitriles is 1. The zero-order valence-corrected chi connectivity index (χ0v) is 16.3. The first-order valence-electron chi connectivity index (χ1n) is 9.35. The number of benzene rings is 2. The van der Waals surface area contributed by atoms with E-state index in [2.05, 4.69) is 10.6 Å². The molecule has 0 bridgehead atoms. The fraction of sp³-hybridized carbons (Fsp3) is 0.364. The molecular formula is C22H24F3N3O. The smallest absolute Gasteiger partial charge is 0.342 e. The number of hydrogen-bond acceptors (Lipinski definition) is 3. The number of halogens is 3. The molecule has 2 atom stereocenters. The van der Waals surface area contributed by atoms with Gasteiger partial charge in [-0.05, 0) is 29.0 Å². The largest absolute Gasteiger partial charge is 0.407 e. The van der Waals surface area contributed by atoms with Crippen molar-refractivity contribution < 1.29 is 18.0 Å². The topological polar surface area (TPSA) is 64.9 Å². The van der Waals surface area contributed by atoms with Gasteiger partial charge < -0.3 is 5.32 Å². The quantitative estimate of drug-likeness (QED) is 0.633. The average molecular weight is 403 g/mol. The molecule has 0 heterocycles. The second-order valence-corrected chi connectivity index (χ2v) is 7.19. The lowest BCUT2D eigenvalue weighted by Crippen LogP contribution is -2.49. The Bertz CT molecular complexity index is 827. The van der Waals surface area contributed by atoms with Crippen LogP contribution in [0.25, 0.3) is 11.1 Å². The third kappa shape index (κ3) is 6.61. The molecule has 0 unspecified atom stereocenters. The van der Waals surface area contributed by atoms with Crippen LogP contribution in [0.3, 0.4) is 0 Å². The van der Waals surface area contributed by atoms with Gasteiger partial charge in [-0.2, -0.15) is 18.4 Å². The maximum atomic E-state index is 13.8. The number of amides is 1. The van der Waals surface area contributed by atoms with Gasteiger partial charge in [-0.15, -0.1) is 0 Å². The Morgan fingerprint density at radius 3 is 2.14 bits per heavy atom. The van der Waals surface area contributed by atoms with Crippen LogP contribution < -0.4 is 10.6 Å². The molecule has 0 aromatic heterocycles. The molecule has 154 valence electrons. The first-order valence-corrected chi connectivity index (χ1v) is 9.35. The third-order valence-corrected chi connectivity index (χ3v) is 4.41. The van der Waals surface area contributed by atoms with E-state index in [1.165, 1.54) is 12.1 Å². The minimum atomic E-state index is -4.58. The normalized spacial score (nSPS) is 13.6. The van der Waals surface area contributed by atoms with Gasteiger partial charge in [-0.25, -0.2) is 0 Å². The van der Waals surface area contributed by atoms with Crippen LogP contribution in [0, 0.1) is 17.2 Å². The van der Waals surface area contributed by atoms with Crippen molar-refractivity contribution in [1.29, 1.82) is 5.26 Å². The predicted octanol–water partition coefficient (Wildman–Crippen LogP) is 4.60. The Labute approximate surface area is 168 Å². The molecule has 0 aliphatic carbocycles. The molecule has 4 nitrogen and oxygen atoms in total. The molecule has 0 aliphatic heterocycles. The van der Waals surface area contributed by atoms with Crippen molar-refractivity contribution in [2.24, 2.45) is 5.92 Å². The molecular weight excluding hydrogens is 379 g/mol. The van der Waals surface area contributed by atoms with Crippen molar-refractivity contribution in [2.75, 3.05) is 6.54 Å². The number of nitrogens with one attached hydrogen (secondary N) is 2. The molecule has 0 fully saturated rings. The lowest BCUT2D eigenvalue weighted by atomic mass is 9.97. The standard InChI is InChI=1S/C22H24F3N3O/c1-15(2)14-19(21(29)27-13-12-26)28-20(22(23,24)25)18-10-8-17(9-11-18)16-6-4-3-5-7-16/h3-11,15,19-20,28H,13-14H2,1-2H3,(H,27,29)/t19-,20-/m0/s1. The SMILES string of the molecule is CC(C)C[C@H](N[C@@H](c1ccc(-c2ccccc2)cc1)C(F)(F)F)C(=O)NCC#N. The van der Waals surface area contributed by atoms with Crippen LogP contribution in [0.5, 0.6) is 0 Å². The summed E-state index contributed by atoms with van der Waals surface area (Å²) < 4.78 is 41.4. The Morgan fingerprint density at radius 2 is 1.62 bits per heavy atom. The minimum Gasteiger partial charge on any atom is -0.342 e. The van der Waals surface area contributed by atoms with Crippen LogP contribution in [-0.4, -0.2) is 24.7 Å². The van der Waals surface area contributed by atoms with Gasteiger partial charge in [0.05, 0.1) is 12.1 Å². The molecule has 29 heavy (non-hydrogen) atoms. The van der Waals surface area contributed by atoms with Crippen molar-refractivity contribution in [3.63, 3.8) is 0 Å². The second kappa shape index (κ2) is 10.1. The van der Waals surface area contributed by atoms with Crippen molar-refractivity contribution in [1.82, 2.24) is 10.6 Å². The van der Waals surface area contributed by atoms with E-state index < -0.39 is 24.2 Å². The van der Waals surface area contributed by atoms with E-state index >= 15 is 0 Å². The van der Waals surface area contributed by atoms with Gasteiger partial charge in [0.15, 0.2) is 0 Å². The Morgan fingerprint density at radius 1 is 1.03 bits per heavy atom. The first-order chi connectivity index (χ1) is 13.7. The molecule has 2 rings (SSSR count). The van der Waals surface area contributed by atoms with E-state index in [9.17, 15) is 18.0 Å². The summed E-state index contributed by atoms with van der Waals surface area (Å²) in [5.41, 5.74) is 1.74. The van der Waals surface area contributed by atoms with Gasteiger partial charge in [-0.1, -0.05) is 68.4 Å². The lowest BCUT2D eigenvalue weighted by Gasteiger charge is -2.28. The third-order valence-electron chi connectivity index (χ3n) is 4.41. The number of hydrogen-bond donors (Lipinski definition) is 2. The highest BCUT2D eigenvalue weighted by Gasteiger charge is 2.42. The van der Waals surface area contributed by atoms with Crippen molar-refractivity contribution in [3.05, 3.63) is 60.2 Å². The van der Waals surface area contributed by atoms with E-state index in [0.29, 0.717) is 0 Å². The van der Waals surface area contributed by atoms with E-state index in [1.54, 1.807) is 18.2 Å². The van der Waals surface area contributed by atoms with E-state index in [-0.39, 0.29) is 24.4 Å². The van der Waals surface area contributed by atoms with Gasteiger partial charge in [0.1, 0.15) is 12.6 Å². The summed E-state index contributed by atoms with van der Waals surface area (Å²) in [6.07, 6.45) is -4.37. The number of nitrogens with zero attached hydrogens (tertiary/aromatic N) is 1. The molecule has 1 amide bonds. The van der Waals surface area contributed by atoms with Gasteiger partial charge in [0, 0.05) is 0 Å². The van der Waals surface area contributed by atoms with Crippen LogP contribution in [0.4, 0.5) is 13.2 Å². The highest BCUT2D eigenvalue weighted by Crippen LogP contribution is 2.34. The lowest BCUT2D eigenvalue weighted by molar-refractivity contribution is -0.161. The monoisotopic (exact) mass is 403 g/mol. The summed E-state index contributed by atoms with van der Waals surface area (Å²) in [7, 11) is 0. The van der Waals surface area contributed by atoms with Gasteiger partial charge in [-0.3, -0.25) is 10.1 Å². The Kier molecular flexibility index (Phi) is 7.80. The maximum absolute atomic E-state index is 13.8. The Balaban J connectivity index is 2.28. The summed E-state index contributed by atoms with van der Waals surface area (Å²) in [5, 5.41) is 13.4. The van der Waals surface area contributed by atoms with Crippen molar-refractivity contribution in [3.8, 4) is 17.2 Å². The van der Waals surface area contributed by atoms with E-state index in [0.717, 1.165) is 11.1 Å². The molecule has 2 N–H and O–H groups in total. The Hall–Kier alpha value is -2.85. The zero-order chi connectivity index (χ0) is 21.4. The molecule has 0 aliphatic rings. The zero-order valence-electron chi connectivity index (χ0n) is 16.3. The number of rotatable bonds is 8. The average Bonchev–Trinajstić information content (AvgIpc) is 2.69. The number of alkyl halides is 3. The van der Waals surface area contributed by atoms with Gasteiger partial charge >= 0.3 is 6.18 Å². The molecule has 7 heteroatoms. The second-order valence-electron chi connectivity index (χ2n) is 7.19. The minimum absolute atomic E-state index is 0.00493. The summed E-state index contributed by atoms with van der Waals surface area (Å²) in [6, 6.07) is 14.2.